The summed E-state index contributed by atoms with van der Waals surface area (Å²) in [6.45, 7) is 6.33. The first-order chi connectivity index (χ1) is 18.7. The van der Waals surface area contributed by atoms with E-state index in [-0.39, 0.29) is 42.9 Å². The molecule has 39 heavy (non-hydrogen) atoms. The molecule has 8 heteroatoms. The van der Waals surface area contributed by atoms with Gasteiger partial charge < -0.3 is 19.5 Å². The van der Waals surface area contributed by atoms with Crippen molar-refractivity contribution in [3.05, 3.63) is 77.2 Å². The van der Waals surface area contributed by atoms with Gasteiger partial charge in [-0.2, -0.15) is 0 Å². The summed E-state index contributed by atoms with van der Waals surface area (Å²) in [5.41, 5.74) is 5.60. The van der Waals surface area contributed by atoms with E-state index in [1.54, 1.807) is 17.3 Å². The summed E-state index contributed by atoms with van der Waals surface area (Å²) < 4.78 is 1.98. The number of fused-ring (bicyclic) bond motifs is 1. The number of nitrogens with zero attached hydrogens (tertiary/aromatic N) is 4. The predicted molar refractivity (Wildman–Crippen MR) is 148 cm³/mol. The van der Waals surface area contributed by atoms with Gasteiger partial charge in [0.05, 0.1) is 24.2 Å². The average molecular weight is 529 g/mol. The standard InChI is InChI=1S/C31H36N4O4/c1-19(2)29(35-16-23-7-5-6-8-25(23)30(35)38)31(39)34-17-24(36)15-26(34)27(37)14-11-21-9-12-22(13-10-21)28-20(3)33(4)18-32-28/h5-10,12-13,18-19,24,26,29,36H,11,14-17H2,1-4H3/t24-,26+,29+/m1/s1. The maximum Gasteiger partial charge on any atom is 0.255 e. The average Bonchev–Trinajstić information content (AvgIpc) is 3.58. The molecular weight excluding hydrogens is 492 g/mol. The van der Waals surface area contributed by atoms with Crippen molar-refractivity contribution in [2.75, 3.05) is 6.54 Å². The van der Waals surface area contributed by atoms with Crippen LogP contribution >= 0.6 is 0 Å². The Morgan fingerprint density at radius 3 is 2.46 bits per heavy atom. The largest absolute Gasteiger partial charge is 0.391 e. The number of carbonyl (C=O) groups is 3. The Hall–Kier alpha value is -3.78. The van der Waals surface area contributed by atoms with Crippen molar-refractivity contribution in [1.82, 2.24) is 19.4 Å². The van der Waals surface area contributed by atoms with Gasteiger partial charge in [-0.15, -0.1) is 0 Å². The predicted octanol–water partition coefficient (Wildman–Crippen LogP) is 3.54. The number of ketones is 1. The molecule has 0 spiro atoms. The van der Waals surface area contributed by atoms with E-state index >= 15 is 0 Å². The second kappa shape index (κ2) is 10.8. The number of hydrogen-bond acceptors (Lipinski definition) is 5. The molecule has 3 aromatic rings. The molecule has 0 radical (unpaired) electrons. The van der Waals surface area contributed by atoms with E-state index in [1.807, 2.05) is 74.9 Å². The molecule has 1 N–H and O–H groups in total. The number of rotatable bonds is 8. The van der Waals surface area contributed by atoms with Crippen LogP contribution in [-0.2, 0) is 29.6 Å². The van der Waals surface area contributed by atoms with Crippen LogP contribution in [0.3, 0.4) is 0 Å². The second-order valence-corrected chi connectivity index (χ2v) is 11.1. The summed E-state index contributed by atoms with van der Waals surface area (Å²) in [5.74, 6) is -0.644. The molecule has 3 heterocycles. The van der Waals surface area contributed by atoms with Gasteiger partial charge in [-0.1, -0.05) is 56.3 Å². The van der Waals surface area contributed by atoms with E-state index in [4.69, 9.17) is 0 Å². The highest BCUT2D eigenvalue weighted by molar-refractivity contribution is 6.01. The van der Waals surface area contributed by atoms with Gasteiger partial charge in [0.1, 0.15) is 6.04 Å². The molecule has 5 rings (SSSR count). The Kier molecular flexibility index (Phi) is 7.40. The van der Waals surface area contributed by atoms with Crippen LogP contribution in [0.15, 0.2) is 54.9 Å². The lowest BCUT2D eigenvalue weighted by atomic mass is 9.98. The Bertz CT molecular complexity index is 1390. The van der Waals surface area contributed by atoms with E-state index in [9.17, 15) is 19.5 Å². The molecule has 0 aliphatic carbocycles. The summed E-state index contributed by atoms with van der Waals surface area (Å²) in [4.78, 5) is 48.0. The van der Waals surface area contributed by atoms with Crippen LogP contribution in [0.4, 0.5) is 0 Å². The van der Waals surface area contributed by atoms with Crippen LogP contribution in [0.1, 0.15) is 53.9 Å². The Balaban J connectivity index is 1.27. The molecule has 0 saturated carbocycles. The maximum atomic E-state index is 13.9. The lowest BCUT2D eigenvalue weighted by molar-refractivity contribution is -0.142. The van der Waals surface area contributed by atoms with Gasteiger partial charge in [-0.3, -0.25) is 14.4 Å². The summed E-state index contributed by atoms with van der Waals surface area (Å²) >= 11 is 0. The van der Waals surface area contributed by atoms with Gasteiger partial charge in [0.25, 0.3) is 5.91 Å². The van der Waals surface area contributed by atoms with Gasteiger partial charge in [0.2, 0.25) is 5.91 Å². The smallest absolute Gasteiger partial charge is 0.255 e. The summed E-state index contributed by atoms with van der Waals surface area (Å²) in [7, 11) is 1.96. The maximum absolute atomic E-state index is 13.9. The highest BCUT2D eigenvalue weighted by Crippen LogP contribution is 2.30. The number of β-amino-alcohol motifs (C(OH)–C–C–N with tert-alkyl or cyclic N) is 1. The van der Waals surface area contributed by atoms with Crippen LogP contribution in [0.5, 0.6) is 0 Å². The third-order valence-corrected chi connectivity index (χ3v) is 8.12. The highest BCUT2D eigenvalue weighted by Gasteiger charge is 2.45. The molecule has 1 fully saturated rings. The number of aliphatic hydroxyl groups is 1. The van der Waals surface area contributed by atoms with Crippen molar-refractivity contribution in [3.8, 4) is 11.3 Å². The number of Topliss-reactive ketones (excluding diaryl/α,β-unsaturated/α-hetero) is 1. The molecule has 1 saturated heterocycles. The first-order valence-electron chi connectivity index (χ1n) is 13.6. The third-order valence-electron chi connectivity index (χ3n) is 8.12. The third kappa shape index (κ3) is 5.13. The molecule has 2 aliphatic rings. The number of likely N-dealkylation sites (tertiary alicyclic amines) is 1. The molecular formula is C31H36N4O4. The minimum atomic E-state index is -0.761. The molecule has 2 aliphatic heterocycles. The normalized spacial score (nSPS) is 19.6. The van der Waals surface area contributed by atoms with E-state index in [2.05, 4.69) is 4.98 Å². The van der Waals surface area contributed by atoms with Gasteiger partial charge in [-0.05, 0) is 36.5 Å². The quantitative estimate of drug-likeness (QED) is 0.483. The minimum Gasteiger partial charge on any atom is -0.391 e. The summed E-state index contributed by atoms with van der Waals surface area (Å²) in [6.07, 6.45) is 2.07. The zero-order valence-electron chi connectivity index (χ0n) is 23.0. The van der Waals surface area contributed by atoms with Crippen molar-refractivity contribution in [3.63, 3.8) is 0 Å². The number of aryl methyl sites for hydroxylation is 2. The molecule has 2 aromatic carbocycles. The fourth-order valence-electron chi connectivity index (χ4n) is 5.85. The van der Waals surface area contributed by atoms with Gasteiger partial charge in [-0.25, -0.2) is 4.98 Å². The number of benzene rings is 2. The van der Waals surface area contributed by atoms with E-state index in [1.165, 1.54) is 4.90 Å². The van der Waals surface area contributed by atoms with Gasteiger partial charge >= 0.3 is 0 Å². The second-order valence-electron chi connectivity index (χ2n) is 11.1. The number of hydrogen-bond donors (Lipinski definition) is 1. The van der Waals surface area contributed by atoms with Crippen LogP contribution in [0, 0.1) is 12.8 Å². The molecule has 1 aromatic heterocycles. The summed E-state index contributed by atoms with van der Waals surface area (Å²) in [5, 5.41) is 10.5. The number of carbonyl (C=O) groups excluding carboxylic acids is 3. The SMILES string of the molecule is Cc1c(-c2ccc(CCC(=O)[C@@H]3C[C@@H](O)CN3C(=O)[C@H](C(C)C)N3Cc4ccccc4C3=O)cc2)ncn1C. The topological polar surface area (TPSA) is 95.7 Å². The minimum absolute atomic E-state index is 0.0666. The first kappa shape index (κ1) is 26.8. The van der Waals surface area contributed by atoms with Crippen molar-refractivity contribution in [2.45, 2.75) is 64.8 Å². The van der Waals surface area contributed by atoms with Crippen molar-refractivity contribution in [2.24, 2.45) is 13.0 Å². The zero-order valence-corrected chi connectivity index (χ0v) is 23.0. The van der Waals surface area contributed by atoms with Crippen molar-refractivity contribution < 1.29 is 19.5 Å². The fourth-order valence-corrected chi connectivity index (χ4v) is 5.85. The van der Waals surface area contributed by atoms with Crippen LogP contribution in [0.25, 0.3) is 11.3 Å². The van der Waals surface area contributed by atoms with E-state index in [0.29, 0.717) is 18.5 Å². The zero-order chi connectivity index (χ0) is 27.8. The Morgan fingerprint density at radius 1 is 1.10 bits per heavy atom. The molecule has 2 amide bonds. The fraction of sp³-hybridized carbons (Fsp3) is 0.419. The molecule has 204 valence electrons. The van der Waals surface area contributed by atoms with Crippen LogP contribution < -0.4 is 0 Å². The number of aliphatic hydroxyl groups excluding tert-OH is 1. The van der Waals surface area contributed by atoms with Gasteiger partial charge in [0.15, 0.2) is 5.78 Å². The monoisotopic (exact) mass is 528 g/mol. The van der Waals surface area contributed by atoms with Crippen LogP contribution in [-0.4, -0.2) is 66.8 Å². The highest BCUT2D eigenvalue weighted by atomic mass is 16.3. The van der Waals surface area contributed by atoms with Crippen molar-refractivity contribution >= 4 is 17.6 Å². The molecule has 8 nitrogen and oxygen atoms in total. The van der Waals surface area contributed by atoms with Gasteiger partial charge in [0, 0.05) is 49.8 Å². The van der Waals surface area contributed by atoms with Crippen LogP contribution in [0.2, 0.25) is 0 Å². The van der Waals surface area contributed by atoms with E-state index in [0.717, 1.165) is 28.1 Å². The number of amides is 2. The lowest BCUT2D eigenvalue weighted by Gasteiger charge is -2.35. The number of aromatic nitrogens is 2. The molecule has 3 atom stereocenters. The Labute approximate surface area is 229 Å². The van der Waals surface area contributed by atoms with E-state index < -0.39 is 18.2 Å². The first-order valence-corrected chi connectivity index (χ1v) is 13.6. The molecule has 0 unspecified atom stereocenters. The Morgan fingerprint density at radius 2 is 1.82 bits per heavy atom. The lowest BCUT2D eigenvalue weighted by Crippen LogP contribution is -2.54. The summed E-state index contributed by atoms with van der Waals surface area (Å²) in [6, 6.07) is 14.1. The molecule has 0 bridgehead atoms. The number of imidazole rings is 1. The van der Waals surface area contributed by atoms with Crippen molar-refractivity contribution in [1.29, 1.82) is 0 Å².